The first-order chi connectivity index (χ1) is 13.0. The summed E-state index contributed by atoms with van der Waals surface area (Å²) in [4.78, 5) is 21.9. The molecule has 2 aromatic carbocycles. The number of fused-ring (bicyclic) bond motifs is 1. The van der Waals surface area contributed by atoms with E-state index in [1.54, 1.807) is 11.3 Å². The van der Waals surface area contributed by atoms with Gasteiger partial charge in [-0.1, -0.05) is 46.3 Å². The van der Waals surface area contributed by atoms with E-state index in [-0.39, 0.29) is 5.91 Å². The molecule has 0 saturated heterocycles. The van der Waals surface area contributed by atoms with Crippen molar-refractivity contribution >= 4 is 48.5 Å². The first-order valence-electron chi connectivity index (χ1n) is 9.09. The third-order valence-electron chi connectivity index (χ3n) is 4.38. The first kappa shape index (κ1) is 20.0. The fourth-order valence-electron chi connectivity index (χ4n) is 2.90. The van der Waals surface area contributed by atoms with Gasteiger partial charge in [-0.3, -0.25) is 9.69 Å². The number of thiazole rings is 1. The maximum absolute atomic E-state index is 13.2. The normalized spacial score (nSPS) is 11.3. The van der Waals surface area contributed by atoms with Crippen molar-refractivity contribution in [3.05, 3.63) is 58.1 Å². The summed E-state index contributed by atoms with van der Waals surface area (Å²) in [6, 6.07) is 13.9. The summed E-state index contributed by atoms with van der Waals surface area (Å²) in [5.41, 5.74) is 2.91. The molecule has 4 nitrogen and oxygen atoms in total. The Labute approximate surface area is 172 Å². The van der Waals surface area contributed by atoms with Crippen molar-refractivity contribution in [3.63, 3.8) is 0 Å². The van der Waals surface area contributed by atoms with Crippen LogP contribution in [0.5, 0.6) is 0 Å². The number of hydrogen-bond donors (Lipinski definition) is 0. The highest BCUT2D eigenvalue weighted by Gasteiger charge is 2.21. The molecule has 27 heavy (non-hydrogen) atoms. The molecule has 142 valence electrons. The molecule has 1 amide bonds. The largest absolute Gasteiger partial charge is 0.309 e. The van der Waals surface area contributed by atoms with Crippen LogP contribution < -0.4 is 4.90 Å². The van der Waals surface area contributed by atoms with Crippen LogP contribution in [-0.4, -0.2) is 43.0 Å². The Morgan fingerprint density at radius 3 is 2.67 bits per heavy atom. The second-order valence-corrected chi connectivity index (χ2v) is 8.70. The highest BCUT2D eigenvalue weighted by atomic mass is 79.9. The topological polar surface area (TPSA) is 36.4 Å². The zero-order valence-corrected chi connectivity index (χ0v) is 18.3. The number of halogens is 1. The lowest BCUT2D eigenvalue weighted by Crippen LogP contribution is -2.33. The van der Waals surface area contributed by atoms with Crippen molar-refractivity contribution in [2.75, 3.05) is 32.1 Å². The van der Waals surface area contributed by atoms with Gasteiger partial charge >= 0.3 is 0 Å². The van der Waals surface area contributed by atoms with Gasteiger partial charge in [0.25, 0.3) is 5.91 Å². The second-order valence-electron chi connectivity index (χ2n) is 6.78. The molecule has 0 unspecified atom stereocenters. The van der Waals surface area contributed by atoms with E-state index in [1.165, 1.54) is 5.56 Å². The van der Waals surface area contributed by atoms with E-state index < -0.39 is 0 Å². The highest BCUT2D eigenvalue weighted by Crippen LogP contribution is 2.31. The lowest BCUT2D eigenvalue weighted by molar-refractivity contribution is 0.0986. The standard InChI is InChI=1S/C21H24BrN3OS/c1-4-15-9-10-18-19(13-15)27-21(23-18)25(12-6-11-24(2)3)20(26)16-7-5-8-17(22)14-16/h5,7-10,13-14H,4,6,11-12H2,1-3H3. The number of rotatable bonds is 7. The van der Waals surface area contributed by atoms with Gasteiger partial charge in [0.1, 0.15) is 0 Å². The predicted octanol–water partition coefficient (Wildman–Crippen LogP) is 5.22. The maximum Gasteiger partial charge on any atom is 0.260 e. The fraction of sp³-hybridized carbons (Fsp3) is 0.333. The molecule has 0 saturated carbocycles. The zero-order chi connectivity index (χ0) is 19.4. The number of aromatic nitrogens is 1. The average molecular weight is 446 g/mol. The highest BCUT2D eigenvalue weighted by molar-refractivity contribution is 9.10. The summed E-state index contributed by atoms with van der Waals surface area (Å²) in [7, 11) is 4.09. The van der Waals surface area contributed by atoms with Crippen molar-refractivity contribution in [1.29, 1.82) is 0 Å². The van der Waals surface area contributed by atoms with Crippen LogP contribution in [0.15, 0.2) is 46.9 Å². The van der Waals surface area contributed by atoms with Crippen molar-refractivity contribution in [3.8, 4) is 0 Å². The Morgan fingerprint density at radius 2 is 1.96 bits per heavy atom. The summed E-state index contributed by atoms with van der Waals surface area (Å²) in [6.07, 6.45) is 1.88. The number of anilines is 1. The number of nitrogens with zero attached hydrogens (tertiary/aromatic N) is 3. The van der Waals surface area contributed by atoms with E-state index in [4.69, 9.17) is 4.98 Å². The van der Waals surface area contributed by atoms with Crippen molar-refractivity contribution < 1.29 is 4.79 Å². The Balaban J connectivity index is 1.94. The Morgan fingerprint density at radius 1 is 1.15 bits per heavy atom. The van der Waals surface area contributed by atoms with Gasteiger partial charge in [0.2, 0.25) is 0 Å². The lowest BCUT2D eigenvalue weighted by atomic mass is 10.2. The van der Waals surface area contributed by atoms with Crippen molar-refractivity contribution in [1.82, 2.24) is 9.88 Å². The number of amides is 1. The molecule has 0 spiro atoms. The van der Waals surface area contributed by atoms with Crippen LogP contribution in [0.25, 0.3) is 10.2 Å². The van der Waals surface area contributed by atoms with Gasteiger partial charge in [-0.25, -0.2) is 4.98 Å². The molecule has 1 aromatic heterocycles. The lowest BCUT2D eigenvalue weighted by Gasteiger charge is -2.21. The molecule has 0 aliphatic rings. The van der Waals surface area contributed by atoms with Crippen LogP contribution in [0.4, 0.5) is 5.13 Å². The summed E-state index contributed by atoms with van der Waals surface area (Å²) >= 11 is 5.05. The van der Waals surface area contributed by atoms with E-state index in [1.807, 2.05) is 43.3 Å². The molecular weight excluding hydrogens is 422 g/mol. The van der Waals surface area contributed by atoms with Crippen LogP contribution in [-0.2, 0) is 6.42 Å². The number of carbonyl (C=O) groups is 1. The number of carbonyl (C=O) groups excluding carboxylic acids is 1. The van der Waals surface area contributed by atoms with Crippen molar-refractivity contribution in [2.45, 2.75) is 19.8 Å². The molecule has 6 heteroatoms. The SMILES string of the molecule is CCc1ccc2nc(N(CCCN(C)C)C(=O)c3cccc(Br)c3)sc2c1. The summed E-state index contributed by atoms with van der Waals surface area (Å²) in [6.45, 7) is 3.71. The molecule has 1 heterocycles. The minimum Gasteiger partial charge on any atom is -0.309 e. The zero-order valence-electron chi connectivity index (χ0n) is 15.9. The van der Waals surface area contributed by atoms with Crippen LogP contribution in [0.3, 0.4) is 0 Å². The van der Waals surface area contributed by atoms with E-state index >= 15 is 0 Å². The summed E-state index contributed by atoms with van der Waals surface area (Å²) < 4.78 is 2.03. The first-order valence-corrected chi connectivity index (χ1v) is 10.7. The third kappa shape index (κ3) is 4.94. The predicted molar refractivity (Wildman–Crippen MR) is 118 cm³/mol. The van der Waals surface area contributed by atoms with E-state index in [9.17, 15) is 4.79 Å². The average Bonchev–Trinajstić information content (AvgIpc) is 3.07. The summed E-state index contributed by atoms with van der Waals surface area (Å²) in [5.74, 6) is -0.00942. The Hall–Kier alpha value is -1.76. The molecule has 3 rings (SSSR count). The molecule has 0 radical (unpaired) electrons. The Kier molecular flexibility index (Phi) is 6.63. The van der Waals surface area contributed by atoms with Crippen LogP contribution >= 0.6 is 27.3 Å². The van der Waals surface area contributed by atoms with Gasteiger partial charge in [0, 0.05) is 16.6 Å². The van der Waals surface area contributed by atoms with Gasteiger partial charge in [-0.2, -0.15) is 0 Å². The van der Waals surface area contributed by atoms with Gasteiger partial charge in [0.15, 0.2) is 5.13 Å². The molecule has 0 N–H and O–H groups in total. The van der Waals surface area contributed by atoms with Gasteiger partial charge in [-0.15, -0.1) is 0 Å². The van der Waals surface area contributed by atoms with Crippen LogP contribution in [0.2, 0.25) is 0 Å². The molecule has 0 aliphatic carbocycles. The van der Waals surface area contributed by atoms with Crippen LogP contribution in [0.1, 0.15) is 29.3 Å². The number of hydrogen-bond acceptors (Lipinski definition) is 4. The maximum atomic E-state index is 13.2. The number of aryl methyl sites for hydroxylation is 1. The molecule has 0 bridgehead atoms. The molecule has 3 aromatic rings. The minimum atomic E-state index is -0.00942. The number of benzene rings is 2. The molecular formula is C21H24BrN3OS. The van der Waals surface area contributed by atoms with E-state index in [0.29, 0.717) is 12.1 Å². The summed E-state index contributed by atoms with van der Waals surface area (Å²) in [5, 5.41) is 0.766. The van der Waals surface area contributed by atoms with Gasteiger partial charge in [0.05, 0.1) is 10.2 Å². The molecule has 0 atom stereocenters. The second kappa shape index (κ2) is 8.95. The van der Waals surface area contributed by atoms with Gasteiger partial charge in [-0.05, 0) is 69.4 Å². The van der Waals surface area contributed by atoms with Gasteiger partial charge < -0.3 is 4.90 Å². The minimum absolute atomic E-state index is 0.00942. The van der Waals surface area contributed by atoms with Crippen LogP contribution in [0, 0.1) is 0 Å². The van der Waals surface area contributed by atoms with E-state index in [2.05, 4.69) is 46.0 Å². The molecule has 0 aliphatic heterocycles. The van der Waals surface area contributed by atoms with E-state index in [0.717, 1.165) is 39.2 Å². The van der Waals surface area contributed by atoms with Crippen molar-refractivity contribution in [2.24, 2.45) is 0 Å². The monoisotopic (exact) mass is 445 g/mol. The molecule has 0 fully saturated rings. The fourth-order valence-corrected chi connectivity index (χ4v) is 4.35. The third-order valence-corrected chi connectivity index (χ3v) is 5.92. The smallest absolute Gasteiger partial charge is 0.260 e. The Bertz CT molecular complexity index is 938. The quantitative estimate of drug-likeness (QED) is 0.499.